The second kappa shape index (κ2) is 5.17. The van der Waals surface area contributed by atoms with Gasteiger partial charge in [0, 0.05) is 6.07 Å². The van der Waals surface area contributed by atoms with Crippen LogP contribution in [-0.4, -0.2) is 13.4 Å². The van der Waals surface area contributed by atoms with Gasteiger partial charge in [-0.25, -0.2) is 17.8 Å². The van der Waals surface area contributed by atoms with Gasteiger partial charge in [0.25, 0.3) is 0 Å². The zero-order chi connectivity index (χ0) is 14.9. The number of fused-ring (bicyclic) bond motifs is 1. The van der Waals surface area contributed by atoms with Gasteiger partial charge < -0.3 is 4.42 Å². The number of hydrogen-bond acceptors (Lipinski definition) is 4. The monoisotopic (exact) mass is 306 g/mol. The average Bonchev–Trinajstić information content (AvgIpc) is 2.88. The molecule has 0 aliphatic rings. The predicted octanol–water partition coefficient (Wildman–Crippen LogP) is 2.91. The molecule has 0 aliphatic carbocycles. The van der Waals surface area contributed by atoms with Crippen molar-refractivity contribution in [3.05, 3.63) is 60.2 Å². The maximum absolute atomic E-state index is 12.8. The van der Waals surface area contributed by atoms with E-state index in [1.165, 1.54) is 30.7 Å². The number of oxazole rings is 1. The first-order valence-electron chi connectivity index (χ1n) is 6.10. The fourth-order valence-electron chi connectivity index (χ4n) is 1.93. The number of rotatable bonds is 4. The SMILES string of the molecule is O=S(=O)(Cc1ccc(F)cc1)Nc1ccc2ncoc2c1. The molecule has 2 aromatic carbocycles. The summed E-state index contributed by atoms with van der Waals surface area (Å²) >= 11 is 0. The van der Waals surface area contributed by atoms with E-state index in [2.05, 4.69) is 9.71 Å². The zero-order valence-corrected chi connectivity index (χ0v) is 11.6. The number of aromatic nitrogens is 1. The Hall–Kier alpha value is -2.41. The molecule has 7 heteroatoms. The molecule has 108 valence electrons. The average molecular weight is 306 g/mol. The third-order valence-electron chi connectivity index (χ3n) is 2.87. The van der Waals surface area contributed by atoms with Gasteiger partial charge in [-0.1, -0.05) is 12.1 Å². The van der Waals surface area contributed by atoms with Crippen molar-refractivity contribution in [2.75, 3.05) is 4.72 Å². The summed E-state index contributed by atoms with van der Waals surface area (Å²) < 4.78 is 44.5. The van der Waals surface area contributed by atoms with E-state index in [1.54, 1.807) is 18.2 Å². The minimum Gasteiger partial charge on any atom is -0.443 e. The summed E-state index contributed by atoms with van der Waals surface area (Å²) in [5.41, 5.74) is 2.04. The number of sulfonamides is 1. The lowest BCUT2D eigenvalue weighted by molar-refractivity contribution is 0.599. The van der Waals surface area contributed by atoms with Crippen LogP contribution in [-0.2, 0) is 15.8 Å². The van der Waals surface area contributed by atoms with E-state index in [0.29, 0.717) is 22.4 Å². The minimum atomic E-state index is -3.59. The molecule has 0 spiro atoms. The van der Waals surface area contributed by atoms with Gasteiger partial charge in [0.15, 0.2) is 12.0 Å². The summed E-state index contributed by atoms with van der Waals surface area (Å²) in [6.45, 7) is 0. The molecule has 0 saturated heterocycles. The minimum absolute atomic E-state index is 0.234. The molecule has 1 heterocycles. The van der Waals surface area contributed by atoms with Gasteiger partial charge in [0.1, 0.15) is 11.3 Å². The van der Waals surface area contributed by atoms with E-state index >= 15 is 0 Å². The van der Waals surface area contributed by atoms with Gasteiger partial charge in [-0.05, 0) is 29.8 Å². The topological polar surface area (TPSA) is 72.2 Å². The van der Waals surface area contributed by atoms with Crippen molar-refractivity contribution in [2.45, 2.75) is 5.75 Å². The molecule has 0 amide bonds. The Morgan fingerprint density at radius 1 is 1.14 bits per heavy atom. The number of halogens is 1. The van der Waals surface area contributed by atoms with Crippen LogP contribution in [0.2, 0.25) is 0 Å². The van der Waals surface area contributed by atoms with Crippen LogP contribution in [0.15, 0.2) is 53.3 Å². The Morgan fingerprint density at radius 2 is 1.90 bits per heavy atom. The predicted molar refractivity (Wildman–Crippen MR) is 76.7 cm³/mol. The van der Waals surface area contributed by atoms with Crippen molar-refractivity contribution in [3.63, 3.8) is 0 Å². The molecule has 0 bridgehead atoms. The lowest BCUT2D eigenvalue weighted by Gasteiger charge is -2.08. The van der Waals surface area contributed by atoms with Crippen molar-refractivity contribution in [1.29, 1.82) is 0 Å². The summed E-state index contributed by atoms with van der Waals surface area (Å²) in [5.74, 6) is -0.637. The Morgan fingerprint density at radius 3 is 2.67 bits per heavy atom. The summed E-state index contributed by atoms with van der Waals surface area (Å²) in [4.78, 5) is 3.95. The van der Waals surface area contributed by atoms with Crippen LogP contribution in [0.3, 0.4) is 0 Å². The molecule has 0 aliphatic heterocycles. The summed E-state index contributed by atoms with van der Waals surface area (Å²) in [6, 6.07) is 10.2. The molecule has 21 heavy (non-hydrogen) atoms. The molecular formula is C14H11FN2O3S. The van der Waals surface area contributed by atoms with E-state index in [9.17, 15) is 12.8 Å². The molecule has 5 nitrogen and oxygen atoms in total. The second-order valence-corrected chi connectivity index (χ2v) is 6.24. The standard InChI is InChI=1S/C14H11FN2O3S/c15-11-3-1-10(2-4-11)8-21(18,19)17-12-5-6-13-14(7-12)20-9-16-13/h1-7,9,17H,8H2. The molecule has 1 N–H and O–H groups in total. The van der Waals surface area contributed by atoms with Crippen LogP contribution in [0.4, 0.5) is 10.1 Å². The third-order valence-corrected chi connectivity index (χ3v) is 4.13. The molecule has 0 saturated carbocycles. The van der Waals surface area contributed by atoms with E-state index in [-0.39, 0.29) is 5.75 Å². The van der Waals surface area contributed by atoms with Crippen LogP contribution < -0.4 is 4.72 Å². The normalized spacial score (nSPS) is 11.7. The van der Waals surface area contributed by atoms with Crippen molar-refractivity contribution in [2.24, 2.45) is 0 Å². The second-order valence-electron chi connectivity index (χ2n) is 4.52. The number of anilines is 1. The lowest BCUT2D eigenvalue weighted by atomic mass is 10.2. The quantitative estimate of drug-likeness (QED) is 0.804. The zero-order valence-electron chi connectivity index (χ0n) is 10.8. The summed E-state index contributed by atoms with van der Waals surface area (Å²) in [6.07, 6.45) is 1.29. The van der Waals surface area contributed by atoms with Crippen molar-refractivity contribution < 1.29 is 17.2 Å². The lowest BCUT2D eigenvalue weighted by Crippen LogP contribution is -2.15. The summed E-state index contributed by atoms with van der Waals surface area (Å²) in [5, 5.41) is 0. The van der Waals surface area contributed by atoms with Crippen LogP contribution in [0, 0.1) is 5.82 Å². The highest BCUT2D eigenvalue weighted by atomic mass is 32.2. The van der Waals surface area contributed by atoms with Crippen molar-refractivity contribution in [1.82, 2.24) is 4.98 Å². The smallest absolute Gasteiger partial charge is 0.236 e. The highest BCUT2D eigenvalue weighted by molar-refractivity contribution is 7.91. The highest BCUT2D eigenvalue weighted by Gasteiger charge is 2.12. The number of hydrogen-bond donors (Lipinski definition) is 1. The molecule has 0 atom stereocenters. The van der Waals surface area contributed by atoms with Crippen LogP contribution in [0.25, 0.3) is 11.1 Å². The van der Waals surface area contributed by atoms with Gasteiger partial charge in [-0.3, -0.25) is 4.72 Å². The number of nitrogens with one attached hydrogen (secondary N) is 1. The van der Waals surface area contributed by atoms with Crippen LogP contribution >= 0.6 is 0 Å². The Kier molecular flexibility index (Phi) is 3.34. The first-order valence-corrected chi connectivity index (χ1v) is 7.75. The molecule has 0 fully saturated rings. The van der Waals surface area contributed by atoms with Gasteiger partial charge in [0.05, 0.1) is 11.4 Å². The van der Waals surface area contributed by atoms with Gasteiger partial charge in [-0.2, -0.15) is 0 Å². The van der Waals surface area contributed by atoms with Crippen LogP contribution in [0.5, 0.6) is 0 Å². The molecule has 0 radical (unpaired) electrons. The van der Waals surface area contributed by atoms with E-state index < -0.39 is 15.8 Å². The summed E-state index contributed by atoms with van der Waals surface area (Å²) in [7, 11) is -3.59. The molecule has 0 unspecified atom stereocenters. The number of nitrogens with zero attached hydrogens (tertiary/aromatic N) is 1. The van der Waals surface area contributed by atoms with Gasteiger partial charge in [0.2, 0.25) is 10.0 Å². The third kappa shape index (κ3) is 3.19. The van der Waals surface area contributed by atoms with E-state index in [4.69, 9.17) is 4.42 Å². The van der Waals surface area contributed by atoms with E-state index in [1.807, 2.05) is 0 Å². The van der Waals surface area contributed by atoms with Gasteiger partial charge >= 0.3 is 0 Å². The maximum atomic E-state index is 12.8. The fourth-order valence-corrected chi connectivity index (χ4v) is 3.12. The molecule has 1 aromatic heterocycles. The van der Waals surface area contributed by atoms with E-state index in [0.717, 1.165) is 0 Å². The fraction of sp³-hybridized carbons (Fsp3) is 0.0714. The van der Waals surface area contributed by atoms with Gasteiger partial charge in [-0.15, -0.1) is 0 Å². The highest BCUT2D eigenvalue weighted by Crippen LogP contribution is 2.19. The number of benzene rings is 2. The van der Waals surface area contributed by atoms with Crippen LogP contribution in [0.1, 0.15) is 5.56 Å². The Labute approximate surface area is 120 Å². The largest absolute Gasteiger partial charge is 0.443 e. The van der Waals surface area contributed by atoms with Crippen molar-refractivity contribution in [3.8, 4) is 0 Å². The molecule has 3 rings (SSSR count). The molecule has 3 aromatic rings. The Bertz CT molecular complexity index is 873. The first kappa shape index (κ1) is 13.6. The Balaban J connectivity index is 1.80. The maximum Gasteiger partial charge on any atom is 0.236 e. The molecular weight excluding hydrogens is 295 g/mol. The first-order chi connectivity index (χ1) is 10.0. The van der Waals surface area contributed by atoms with Crippen molar-refractivity contribution >= 4 is 26.8 Å².